The monoisotopic (exact) mass is 747 g/mol. The van der Waals surface area contributed by atoms with Gasteiger partial charge in [-0.1, -0.05) is 58.8 Å². The number of allylic oxidation sites excluding steroid dienone is 1. The van der Waals surface area contributed by atoms with Gasteiger partial charge in [-0.15, -0.1) is 10.2 Å². The number of thiazole rings is 1. The average molecular weight is 749 g/mol. The average Bonchev–Trinajstić information content (AvgIpc) is 3.64. The van der Waals surface area contributed by atoms with Crippen LogP contribution in [0.5, 0.6) is 0 Å². The molecule has 3 aromatic carbocycles. The lowest BCUT2D eigenvalue weighted by Crippen LogP contribution is -2.43. The van der Waals surface area contributed by atoms with Gasteiger partial charge in [-0.2, -0.15) is 0 Å². The lowest BCUT2D eigenvalue weighted by atomic mass is 9.94. The van der Waals surface area contributed by atoms with Crippen LogP contribution in [0.1, 0.15) is 44.9 Å². The molecule has 0 N–H and O–H groups in total. The summed E-state index contributed by atoms with van der Waals surface area (Å²) >= 11 is 14.9. The molecule has 0 unspecified atom stereocenters. The van der Waals surface area contributed by atoms with Crippen molar-refractivity contribution in [2.75, 3.05) is 13.1 Å². The second-order valence-corrected chi connectivity index (χ2v) is 14.1. The first-order chi connectivity index (χ1) is 24.0. The maximum Gasteiger partial charge on any atom is 0.271 e. The number of fused-ring (bicyclic) bond motifs is 1. The standard InChI is InChI=1S/C35H31Cl2N7O4S2/c1-5-41(6-2)33(46)29-20(4)38-34-43(30(29)21-11-13-24(36)14-12-21)32(45)28(50-34)19-23-18-26(44(47)48)15-16-27(23)49-35-40-39-31(42(35)7-3)22-9-8-10-25(37)17-22/h8-19,30H,5-7H2,1-4H3/b28-19-/t30-/m1/s1. The number of likely N-dealkylation sites (N-methyl/N-ethyl adjacent to an activating group) is 1. The molecule has 0 saturated carbocycles. The highest BCUT2D eigenvalue weighted by Gasteiger charge is 2.34. The zero-order valence-corrected chi connectivity index (χ0v) is 30.6. The molecule has 2 aromatic heterocycles. The van der Waals surface area contributed by atoms with Gasteiger partial charge in [0.1, 0.15) is 0 Å². The molecule has 50 heavy (non-hydrogen) atoms. The maximum absolute atomic E-state index is 14.4. The largest absolute Gasteiger partial charge is 0.339 e. The van der Waals surface area contributed by atoms with Gasteiger partial charge in [-0.3, -0.25) is 24.3 Å². The van der Waals surface area contributed by atoms with Crippen LogP contribution in [0, 0.1) is 10.1 Å². The minimum absolute atomic E-state index is 0.132. The summed E-state index contributed by atoms with van der Waals surface area (Å²) in [5, 5.41) is 22.4. The van der Waals surface area contributed by atoms with Crippen LogP contribution < -0.4 is 14.9 Å². The molecule has 1 aliphatic heterocycles. The van der Waals surface area contributed by atoms with E-state index in [4.69, 9.17) is 28.2 Å². The van der Waals surface area contributed by atoms with Gasteiger partial charge in [-0.05, 0) is 87.0 Å². The third kappa shape index (κ3) is 6.78. The summed E-state index contributed by atoms with van der Waals surface area (Å²) in [6, 6.07) is 18.1. The van der Waals surface area contributed by atoms with E-state index in [9.17, 15) is 19.7 Å². The van der Waals surface area contributed by atoms with Gasteiger partial charge in [0.15, 0.2) is 15.8 Å². The number of aromatic nitrogens is 4. The van der Waals surface area contributed by atoms with Gasteiger partial charge in [0.25, 0.3) is 17.2 Å². The maximum atomic E-state index is 14.4. The van der Waals surface area contributed by atoms with Gasteiger partial charge in [0.05, 0.1) is 26.8 Å². The number of hydrogen-bond acceptors (Lipinski definition) is 9. The molecule has 1 amide bonds. The normalized spacial score (nSPS) is 14.4. The van der Waals surface area contributed by atoms with E-state index < -0.39 is 11.0 Å². The Bertz CT molecular complexity index is 2350. The summed E-state index contributed by atoms with van der Waals surface area (Å²) in [6.45, 7) is 9.08. The van der Waals surface area contributed by atoms with Crippen LogP contribution in [0.15, 0.2) is 97.8 Å². The molecule has 0 saturated heterocycles. The van der Waals surface area contributed by atoms with Crippen LogP contribution in [-0.2, 0) is 11.3 Å². The Kier molecular flexibility index (Phi) is 10.4. The number of non-ortho nitro benzene ring substituents is 1. The Labute approximate surface area is 305 Å². The van der Waals surface area contributed by atoms with E-state index in [1.54, 1.807) is 54.3 Å². The van der Waals surface area contributed by atoms with E-state index >= 15 is 0 Å². The number of carbonyl (C=O) groups is 1. The molecular weight excluding hydrogens is 717 g/mol. The Morgan fingerprint density at radius 1 is 1.04 bits per heavy atom. The molecule has 11 nitrogen and oxygen atoms in total. The zero-order valence-electron chi connectivity index (χ0n) is 27.5. The molecule has 256 valence electrons. The molecule has 5 aromatic rings. The smallest absolute Gasteiger partial charge is 0.271 e. The van der Waals surface area contributed by atoms with Crippen molar-refractivity contribution in [2.24, 2.45) is 4.99 Å². The van der Waals surface area contributed by atoms with Crippen LogP contribution in [0.4, 0.5) is 5.69 Å². The first kappa shape index (κ1) is 35.3. The first-order valence-corrected chi connectivity index (χ1v) is 18.2. The minimum Gasteiger partial charge on any atom is -0.339 e. The highest BCUT2D eigenvalue weighted by molar-refractivity contribution is 7.99. The third-order valence-electron chi connectivity index (χ3n) is 8.30. The SMILES string of the molecule is CCN(CC)C(=O)C1=C(C)N=c2s/c(=C\c3cc([N+](=O)[O-])ccc3Sc3nnc(-c4cccc(Cl)c4)n3CC)c(=O)n2[C@@H]1c1ccc(Cl)cc1. The van der Waals surface area contributed by atoms with Crippen molar-refractivity contribution in [1.82, 2.24) is 24.2 Å². The van der Waals surface area contributed by atoms with Crippen molar-refractivity contribution in [3.63, 3.8) is 0 Å². The summed E-state index contributed by atoms with van der Waals surface area (Å²) in [6.07, 6.45) is 1.63. The molecule has 0 radical (unpaired) electrons. The van der Waals surface area contributed by atoms with E-state index in [0.29, 0.717) is 77.3 Å². The number of nitro benzene ring substituents is 1. The summed E-state index contributed by atoms with van der Waals surface area (Å²) in [7, 11) is 0. The van der Waals surface area contributed by atoms with E-state index in [1.165, 1.54) is 28.5 Å². The molecule has 3 heterocycles. The number of nitro groups is 1. The molecular formula is C35H31Cl2N7O4S2. The molecule has 0 bridgehead atoms. The van der Waals surface area contributed by atoms with Gasteiger partial charge in [-0.25, -0.2) is 4.99 Å². The highest BCUT2D eigenvalue weighted by atomic mass is 35.5. The van der Waals surface area contributed by atoms with Crippen LogP contribution in [0.3, 0.4) is 0 Å². The lowest BCUT2D eigenvalue weighted by molar-refractivity contribution is -0.384. The van der Waals surface area contributed by atoms with Crippen LogP contribution in [0.25, 0.3) is 17.5 Å². The van der Waals surface area contributed by atoms with Gasteiger partial charge in [0.2, 0.25) is 0 Å². The fraction of sp³-hybridized carbons (Fsp3) is 0.229. The van der Waals surface area contributed by atoms with Crippen molar-refractivity contribution in [3.8, 4) is 11.4 Å². The highest BCUT2D eigenvalue weighted by Crippen LogP contribution is 2.35. The topological polar surface area (TPSA) is 129 Å². The van der Waals surface area contributed by atoms with Crippen LogP contribution >= 0.6 is 46.3 Å². The Balaban J connectivity index is 1.50. The van der Waals surface area contributed by atoms with E-state index in [1.807, 2.05) is 43.5 Å². The van der Waals surface area contributed by atoms with Crippen molar-refractivity contribution in [2.45, 2.75) is 50.3 Å². The number of benzene rings is 3. The first-order valence-electron chi connectivity index (χ1n) is 15.8. The molecule has 1 aliphatic rings. The Hall–Kier alpha value is -4.56. The molecule has 15 heteroatoms. The number of halogens is 2. The predicted octanol–water partition coefficient (Wildman–Crippen LogP) is 6.75. The Morgan fingerprint density at radius 3 is 2.44 bits per heavy atom. The second-order valence-electron chi connectivity index (χ2n) is 11.3. The number of amides is 1. The van der Waals surface area contributed by atoms with Crippen molar-refractivity contribution >= 4 is 64.0 Å². The second kappa shape index (κ2) is 14.7. The van der Waals surface area contributed by atoms with E-state index in [2.05, 4.69) is 10.2 Å². The van der Waals surface area contributed by atoms with Crippen molar-refractivity contribution in [3.05, 3.63) is 129 Å². The molecule has 6 rings (SSSR count). The number of hydrogen-bond donors (Lipinski definition) is 0. The van der Waals surface area contributed by atoms with Crippen molar-refractivity contribution in [1.29, 1.82) is 0 Å². The summed E-state index contributed by atoms with van der Waals surface area (Å²) in [5.41, 5.74) is 2.34. The van der Waals surface area contributed by atoms with Crippen LogP contribution in [0.2, 0.25) is 10.0 Å². The van der Waals surface area contributed by atoms with Crippen LogP contribution in [-0.4, -0.2) is 48.2 Å². The molecule has 0 fully saturated rings. The quantitative estimate of drug-likeness (QED) is 0.114. The fourth-order valence-corrected chi connectivity index (χ4v) is 8.15. The van der Waals surface area contributed by atoms with Gasteiger partial charge >= 0.3 is 0 Å². The Morgan fingerprint density at radius 2 is 1.78 bits per heavy atom. The summed E-state index contributed by atoms with van der Waals surface area (Å²) in [4.78, 5) is 47.1. The third-order valence-corrected chi connectivity index (χ3v) is 10.8. The number of rotatable bonds is 10. The lowest BCUT2D eigenvalue weighted by Gasteiger charge is -2.29. The number of nitrogens with zero attached hydrogens (tertiary/aromatic N) is 7. The summed E-state index contributed by atoms with van der Waals surface area (Å²) < 4.78 is 3.75. The summed E-state index contributed by atoms with van der Waals surface area (Å²) in [5.74, 6) is 0.418. The minimum atomic E-state index is -0.759. The van der Waals surface area contributed by atoms with Crippen molar-refractivity contribution < 1.29 is 9.72 Å². The van der Waals surface area contributed by atoms with Gasteiger partial charge in [0, 0.05) is 52.3 Å². The number of carbonyl (C=O) groups excluding carboxylic acids is 1. The van der Waals surface area contributed by atoms with E-state index in [-0.39, 0.29) is 17.2 Å². The zero-order chi connectivity index (χ0) is 35.7. The van der Waals surface area contributed by atoms with Gasteiger partial charge < -0.3 is 9.47 Å². The molecule has 0 aliphatic carbocycles. The predicted molar refractivity (Wildman–Crippen MR) is 197 cm³/mol. The molecule has 0 spiro atoms. The van der Waals surface area contributed by atoms with E-state index in [0.717, 1.165) is 16.9 Å². The fourth-order valence-electron chi connectivity index (χ4n) is 5.82. The molecule has 1 atom stereocenters.